The van der Waals surface area contributed by atoms with Gasteiger partial charge in [-0.2, -0.15) is 0 Å². The largest absolute Gasteiger partial charge is 0.364 e. The van der Waals surface area contributed by atoms with Gasteiger partial charge < -0.3 is 9.72 Å². The Labute approximate surface area is 68.0 Å². The van der Waals surface area contributed by atoms with Gasteiger partial charge in [0.25, 0.3) is 0 Å². The molecule has 0 spiro atoms. The van der Waals surface area contributed by atoms with E-state index in [1.54, 1.807) is 0 Å². The molecule has 0 radical (unpaired) electrons. The fourth-order valence-electron chi connectivity index (χ4n) is 1.27. The van der Waals surface area contributed by atoms with Crippen molar-refractivity contribution >= 4 is 11.3 Å². The van der Waals surface area contributed by atoms with Gasteiger partial charge in [0.1, 0.15) is 5.60 Å². The Morgan fingerprint density at radius 2 is 2.36 bits per heavy atom. The van der Waals surface area contributed by atoms with E-state index >= 15 is 0 Å². The molecule has 0 aromatic carbocycles. The summed E-state index contributed by atoms with van der Waals surface area (Å²) >= 11 is 1.24. The highest BCUT2D eigenvalue weighted by Crippen LogP contribution is 2.34. The zero-order chi connectivity index (χ0) is 8.06. The monoisotopic (exact) mass is 171 g/mol. The second-order valence-corrected chi connectivity index (χ2v) is 4.18. The number of rotatable bonds is 0. The summed E-state index contributed by atoms with van der Waals surface area (Å²) in [5.74, 6) is 0. The number of H-pyrrole nitrogens is 1. The van der Waals surface area contributed by atoms with E-state index in [4.69, 9.17) is 4.74 Å². The predicted octanol–water partition coefficient (Wildman–Crippen LogP) is 1.20. The van der Waals surface area contributed by atoms with Crippen molar-refractivity contribution in [1.82, 2.24) is 4.98 Å². The van der Waals surface area contributed by atoms with E-state index in [1.165, 1.54) is 11.3 Å². The van der Waals surface area contributed by atoms with Gasteiger partial charge in [0.15, 0.2) is 0 Å². The third-order valence-electron chi connectivity index (χ3n) is 1.89. The van der Waals surface area contributed by atoms with Crippen LogP contribution in [0.5, 0.6) is 0 Å². The third-order valence-corrected chi connectivity index (χ3v) is 2.74. The Kier molecular flexibility index (Phi) is 1.25. The molecular weight excluding hydrogens is 162 g/mol. The molecule has 1 aliphatic rings. The van der Waals surface area contributed by atoms with Crippen molar-refractivity contribution in [2.24, 2.45) is 0 Å². The van der Waals surface area contributed by atoms with E-state index in [0.29, 0.717) is 6.61 Å². The van der Waals surface area contributed by atoms with Crippen LogP contribution < -0.4 is 4.87 Å². The first-order valence-electron chi connectivity index (χ1n) is 3.46. The number of thiazole rings is 1. The number of aromatic amines is 1. The maximum Gasteiger partial charge on any atom is 0.305 e. The molecule has 2 heterocycles. The van der Waals surface area contributed by atoms with Gasteiger partial charge in [0.2, 0.25) is 0 Å². The minimum absolute atomic E-state index is 0.0198. The zero-order valence-electron chi connectivity index (χ0n) is 6.43. The van der Waals surface area contributed by atoms with E-state index in [0.717, 1.165) is 10.6 Å². The maximum absolute atomic E-state index is 10.9. The fraction of sp³-hybridized carbons (Fsp3) is 0.571. The van der Waals surface area contributed by atoms with Crippen LogP contribution in [0.15, 0.2) is 4.79 Å². The van der Waals surface area contributed by atoms with Crippen molar-refractivity contribution in [3.8, 4) is 0 Å². The molecule has 3 nitrogen and oxygen atoms in total. The maximum atomic E-state index is 10.9. The third kappa shape index (κ3) is 0.937. The summed E-state index contributed by atoms with van der Waals surface area (Å²) in [4.78, 5) is 14.7. The summed E-state index contributed by atoms with van der Waals surface area (Å²) in [7, 11) is 0. The van der Waals surface area contributed by atoms with Crippen LogP contribution in [0.2, 0.25) is 0 Å². The first-order chi connectivity index (χ1) is 5.09. The average Bonchev–Trinajstić information content (AvgIpc) is 2.35. The SMILES string of the molecule is CC1(C)OCc2sc(=O)[nH]c21. The lowest BCUT2D eigenvalue weighted by Crippen LogP contribution is -2.17. The number of hydrogen-bond acceptors (Lipinski definition) is 3. The highest BCUT2D eigenvalue weighted by molar-refractivity contribution is 7.09. The minimum Gasteiger partial charge on any atom is -0.364 e. The van der Waals surface area contributed by atoms with Crippen LogP contribution in [0.3, 0.4) is 0 Å². The average molecular weight is 171 g/mol. The Morgan fingerprint density at radius 1 is 1.64 bits per heavy atom. The smallest absolute Gasteiger partial charge is 0.305 e. The van der Waals surface area contributed by atoms with Crippen molar-refractivity contribution in [2.45, 2.75) is 26.1 Å². The highest BCUT2D eigenvalue weighted by Gasteiger charge is 2.33. The van der Waals surface area contributed by atoms with Crippen LogP contribution in [0.25, 0.3) is 0 Å². The molecular formula is C7H9NO2S. The molecule has 1 aromatic rings. The van der Waals surface area contributed by atoms with Crippen LogP contribution >= 0.6 is 11.3 Å². The Bertz CT molecular complexity index is 336. The highest BCUT2D eigenvalue weighted by atomic mass is 32.1. The van der Waals surface area contributed by atoms with E-state index < -0.39 is 0 Å². The first-order valence-corrected chi connectivity index (χ1v) is 4.28. The lowest BCUT2D eigenvalue weighted by molar-refractivity contribution is -0.0100. The van der Waals surface area contributed by atoms with Gasteiger partial charge in [-0.15, -0.1) is 0 Å². The summed E-state index contributed by atoms with van der Waals surface area (Å²) in [5.41, 5.74) is 0.654. The summed E-state index contributed by atoms with van der Waals surface area (Å²) in [6, 6.07) is 0. The molecule has 4 heteroatoms. The lowest BCUT2D eigenvalue weighted by Gasteiger charge is -2.15. The van der Waals surface area contributed by atoms with Crippen molar-refractivity contribution in [1.29, 1.82) is 0 Å². The van der Waals surface area contributed by atoms with Crippen LogP contribution in [-0.4, -0.2) is 4.98 Å². The molecule has 0 bridgehead atoms. The zero-order valence-corrected chi connectivity index (χ0v) is 7.25. The van der Waals surface area contributed by atoms with Crippen LogP contribution in [-0.2, 0) is 16.9 Å². The molecule has 11 heavy (non-hydrogen) atoms. The van der Waals surface area contributed by atoms with Gasteiger partial charge in [-0.1, -0.05) is 11.3 Å². The van der Waals surface area contributed by atoms with Crippen LogP contribution in [0.1, 0.15) is 24.4 Å². The molecule has 0 saturated carbocycles. The van der Waals surface area contributed by atoms with E-state index in [1.807, 2.05) is 13.8 Å². The predicted molar refractivity (Wildman–Crippen MR) is 42.8 cm³/mol. The molecule has 2 rings (SSSR count). The summed E-state index contributed by atoms with van der Waals surface area (Å²) in [6.07, 6.45) is 0. The fourth-order valence-corrected chi connectivity index (χ4v) is 2.16. The molecule has 0 atom stereocenters. The van der Waals surface area contributed by atoms with Crippen molar-refractivity contribution < 1.29 is 4.74 Å². The molecule has 60 valence electrons. The molecule has 1 aromatic heterocycles. The quantitative estimate of drug-likeness (QED) is 0.637. The first kappa shape index (κ1) is 7.06. The molecule has 0 saturated heterocycles. The molecule has 0 aliphatic carbocycles. The summed E-state index contributed by atoms with van der Waals surface area (Å²) in [5, 5.41) is 0. The van der Waals surface area contributed by atoms with E-state index in [9.17, 15) is 4.79 Å². The number of ether oxygens (including phenoxy) is 1. The van der Waals surface area contributed by atoms with E-state index in [2.05, 4.69) is 4.98 Å². The Balaban J connectivity index is 2.62. The Morgan fingerprint density at radius 3 is 3.00 bits per heavy atom. The minimum atomic E-state index is -0.297. The van der Waals surface area contributed by atoms with Gasteiger partial charge in [-0.25, -0.2) is 0 Å². The van der Waals surface area contributed by atoms with Crippen LogP contribution in [0.4, 0.5) is 0 Å². The van der Waals surface area contributed by atoms with Crippen LogP contribution in [0, 0.1) is 0 Å². The summed E-state index contributed by atoms with van der Waals surface area (Å²) < 4.78 is 5.45. The van der Waals surface area contributed by atoms with Crippen molar-refractivity contribution in [3.63, 3.8) is 0 Å². The second kappa shape index (κ2) is 1.95. The van der Waals surface area contributed by atoms with E-state index in [-0.39, 0.29) is 10.5 Å². The van der Waals surface area contributed by atoms with Crippen molar-refractivity contribution in [2.75, 3.05) is 0 Å². The van der Waals surface area contributed by atoms with Gasteiger partial charge in [0.05, 0.1) is 17.2 Å². The molecule has 0 amide bonds. The summed E-state index contributed by atoms with van der Waals surface area (Å²) in [6.45, 7) is 4.49. The van der Waals surface area contributed by atoms with Gasteiger partial charge >= 0.3 is 4.87 Å². The van der Waals surface area contributed by atoms with Gasteiger partial charge in [0, 0.05) is 0 Å². The molecule has 1 N–H and O–H groups in total. The van der Waals surface area contributed by atoms with Gasteiger partial charge in [-0.05, 0) is 13.8 Å². The topological polar surface area (TPSA) is 42.1 Å². The molecule has 0 unspecified atom stereocenters. The molecule has 0 fully saturated rings. The van der Waals surface area contributed by atoms with Crippen molar-refractivity contribution in [3.05, 3.63) is 20.2 Å². The normalized spacial score (nSPS) is 20.2. The number of aromatic nitrogens is 1. The Hall–Kier alpha value is -0.610. The molecule has 1 aliphatic heterocycles. The standard InChI is InChI=1S/C7H9NO2S/c1-7(2)5-4(3-10-7)11-6(9)8-5/h3H2,1-2H3,(H,8,9). The van der Waals surface area contributed by atoms with Gasteiger partial charge in [-0.3, -0.25) is 4.79 Å². The number of nitrogens with one attached hydrogen (secondary N) is 1. The second-order valence-electron chi connectivity index (χ2n) is 3.11. The lowest BCUT2D eigenvalue weighted by atomic mass is 10.1. The number of fused-ring (bicyclic) bond motifs is 1. The number of hydrogen-bond donors (Lipinski definition) is 1.